The number of carbonyl (C=O) groups is 1. The summed E-state index contributed by atoms with van der Waals surface area (Å²) in [6, 6.07) is 2.08. The lowest BCUT2D eigenvalue weighted by molar-refractivity contribution is -0.124. The van der Waals surface area contributed by atoms with Crippen molar-refractivity contribution >= 4 is 5.91 Å². The molecule has 0 aromatic carbocycles. The van der Waals surface area contributed by atoms with E-state index in [0.717, 1.165) is 42.8 Å². The molecule has 1 saturated carbocycles. The van der Waals surface area contributed by atoms with Crippen molar-refractivity contribution in [1.29, 1.82) is 0 Å². The molecular weight excluding hydrogens is 240 g/mol. The van der Waals surface area contributed by atoms with Crippen molar-refractivity contribution in [2.45, 2.75) is 58.0 Å². The van der Waals surface area contributed by atoms with Gasteiger partial charge in [0.2, 0.25) is 5.91 Å². The Balaban J connectivity index is 1.86. The zero-order valence-electron chi connectivity index (χ0n) is 11.9. The average molecular weight is 262 g/mol. The third kappa shape index (κ3) is 2.29. The highest BCUT2D eigenvalue weighted by atomic mass is 16.3. The van der Waals surface area contributed by atoms with E-state index in [1.807, 2.05) is 13.0 Å². The van der Waals surface area contributed by atoms with Crippen LogP contribution >= 0.6 is 0 Å². The highest BCUT2D eigenvalue weighted by molar-refractivity contribution is 5.89. The summed E-state index contributed by atoms with van der Waals surface area (Å²) >= 11 is 0. The normalized spacial score (nSPS) is 26.6. The summed E-state index contributed by atoms with van der Waals surface area (Å²) in [7, 11) is 0. The highest BCUT2D eigenvalue weighted by Gasteiger charge is 2.47. The van der Waals surface area contributed by atoms with E-state index in [-0.39, 0.29) is 17.4 Å². The third-order valence-corrected chi connectivity index (χ3v) is 4.28. The number of carbonyl (C=O) groups excluding carboxylic acids is 1. The van der Waals surface area contributed by atoms with Gasteiger partial charge in [0.15, 0.2) is 0 Å². The van der Waals surface area contributed by atoms with Gasteiger partial charge in [-0.2, -0.15) is 0 Å². The van der Waals surface area contributed by atoms with Crippen LogP contribution in [0.4, 0.5) is 0 Å². The van der Waals surface area contributed by atoms with Crippen LogP contribution in [0.1, 0.15) is 56.2 Å². The lowest BCUT2D eigenvalue weighted by Crippen LogP contribution is -2.46. The lowest BCUT2D eigenvalue weighted by atomic mass is 9.74. The number of hydrogen-bond acceptors (Lipinski definition) is 3. The Bertz CT molecular complexity index is 526. The molecule has 4 heteroatoms. The first-order valence-corrected chi connectivity index (χ1v) is 6.98. The molecule has 1 amide bonds. The van der Waals surface area contributed by atoms with E-state index >= 15 is 0 Å². The van der Waals surface area contributed by atoms with Gasteiger partial charge in [-0.05, 0) is 37.7 Å². The quantitative estimate of drug-likeness (QED) is 0.858. The van der Waals surface area contributed by atoms with E-state index in [4.69, 9.17) is 10.2 Å². The SMILES string of the molecule is Cc1cc2c(o1)CC(C)(C)CC2NC(=O)C1(N)CC1. The van der Waals surface area contributed by atoms with Gasteiger partial charge in [-0.3, -0.25) is 4.79 Å². The molecule has 1 atom stereocenters. The molecule has 2 aliphatic carbocycles. The Morgan fingerprint density at radius 1 is 1.47 bits per heavy atom. The predicted octanol–water partition coefficient (Wildman–Crippen LogP) is 2.21. The van der Waals surface area contributed by atoms with E-state index < -0.39 is 5.54 Å². The summed E-state index contributed by atoms with van der Waals surface area (Å²) in [5.41, 5.74) is 6.63. The summed E-state index contributed by atoms with van der Waals surface area (Å²) in [5.74, 6) is 1.91. The van der Waals surface area contributed by atoms with Crippen LogP contribution in [0, 0.1) is 12.3 Å². The average Bonchev–Trinajstić information content (AvgIpc) is 2.91. The lowest BCUT2D eigenvalue weighted by Gasteiger charge is -2.35. The van der Waals surface area contributed by atoms with Crippen molar-refractivity contribution in [3.8, 4) is 0 Å². The summed E-state index contributed by atoms with van der Waals surface area (Å²) in [6.45, 7) is 6.38. The van der Waals surface area contributed by atoms with Crippen LogP contribution in [-0.4, -0.2) is 11.4 Å². The summed E-state index contributed by atoms with van der Waals surface area (Å²) in [5, 5.41) is 3.12. The summed E-state index contributed by atoms with van der Waals surface area (Å²) in [4.78, 5) is 12.2. The van der Waals surface area contributed by atoms with Crippen molar-refractivity contribution in [2.24, 2.45) is 11.1 Å². The summed E-state index contributed by atoms with van der Waals surface area (Å²) in [6.07, 6.45) is 3.45. The summed E-state index contributed by atoms with van der Waals surface area (Å²) < 4.78 is 5.77. The van der Waals surface area contributed by atoms with Gasteiger partial charge in [-0.15, -0.1) is 0 Å². The minimum Gasteiger partial charge on any atom is -0.466 e. The van der Waals surface area contributed by atoms with Crippen molar-refractivity contribution in [3.05, 3.63) is 23.2 Å². The fraction of sp³-hybridized carbons (Fsp3) is 0.667. The predicted molar refractivity (Wildman–Crippen MR) is 72.6 cm³/mol. The Morgan fingerprint density at radius 2 is 2.16 bits per heavy atom. The molecule has 1 heterocycles. The standard InChI is InChI=1S/C15H22N2O2/c1-9-6-10-11(17-13(18)15(16)4-5-15)7-14(2,3)8-12(10)19-9/h6,11H,4-5,7-8,16H2,1-3H3,(H,17,18). The molecule has 0 saturated heterocycles. The van der Waals surface area contributed by atoms with Gasteiger partial charge >= 0.3 is 0 Å². The molecule has 0 bridgehead atoms. The first-order valence-electron chi connectivity index (χ1n) is 6.98. The fourth-order valence-electron chi connectivity index (χ4n) is 2.98. The van der Waals surface area contributed by atoms with Crippen molar-refractivity contribution in [3.63, 3.8) is 0 Å². The molecule has 0 spiro atoms. The number of hydrogen-bond donors (Lipinski definition) is 2. The minimum absolute atomic E-state index is 0.0139. The van der Waals surface area contributed by atoms with Gasteiger partial charge in [0.25, 0.3) is 0 Å². The second kappa shape index (κ2) is 3.85. The van der Waals surface area contributed by atoms with Gasteiger partial charge in [-0.25, -0.2) is 0 Å². The van der Waals surface area contributed by atoms with Gasteiger partial charge in [0, 0.05) is 12.0 Å². The van der Waals surface area contributed by atoms with Crippen LogP contribution in [-0.2, 0) is 11.2 Å². The maximum absolute atomic E-state index is 12.2. The Morgan fingerprint density at radius 3 is 2.79 bits per heavy atom. The molecule has 3 rings (SSSR count). The topological polar surface area (TPSA) is 68.3 Å². The molecule has 19 heavy (non-hydrogen) atoms. The second-order valence-electron chi connectivity index (χ2n) is 6.96. The van der Waals surface area contributed by atoms with Crippen molar-refractivity contribution < 1.29 is 9.21 Å². The van der Waals surface area contributed by atoms with Crippen LogP contribution in [0.15, 0.2) is 10.5 Å². The van der Waals surface area contributed by atoms with Crippen LogP contribution in [0.3, 0.4) is 0 Å². The van der Waals surface area contributed by atoms with E-state index in [0.29, 0.717) is 0 Å². The number of nitrogens with one attached hydrogen (secondary N) is 1. The molecule has 1 unspecified atom stereocenters. The van der Waals surface area contributed by atoms with Gasteiger partial charge < -0.3 is 15.5 Å². The number of aryl methyl sites for hydroxylation is 1. The molecule has 104 valence electrons. The van der Waals surface area contributed by atoms with E-state index in [2.05, 4.69) is 19.2 Å². The molecule has 1 fully saturated rings. The van der Waals surface area contributed by atoms with E-state index in [9.17, 15) is 4.79 Å². The monoisotopic (exact) mass is 262 g/mol. The minimum atomic E-state index is -0.611. The highest BCUT2D eigenvalue weighted by Crippen LogP contribution is 2.43. The van der Waals surface area contributed by atoms with Gasteiger partial charge in [-0.1, -0.05) is 13.8 Å². The second-order valence-corrected chi connectivity index (χ2v) is 6.96. The molecule has 1 aromatic heterocycles. The number of furan rings is 1. The smallest absolute Gasteiger partial charge is 0.240 e. The zero-order valence-corrected chi connectivity index (χ0v) is 11.9. The largest absolute Gasteiger partial charge is 0.466 e. The Hall–Kier alpha value is -1.29. The Labute approximate surface area is 113 Å². The molecule has 2 aliphatic rings. The molecule has 3 N–H and O–H groups in total. The van der Waals surface area contributed by atoms with Crippen LogP contribution in [0.5, 0.6) is 0 Å². The molecule has 1 aromatic rings. The van der Waals surface area contributed by atoms with Crippen molar-refractivity contribution in [1.82, 2.24) is 5.32 Å². The van der Waals surface area contributed by atoms with Crippen LogP contribution in [0.2, 0.25) is 0 Å². The molecule has 0 radical (unpaired) electrons. The molecule has 0 aliphatic heterocycles. The van der Waals surface area contributed by atoms with Crippen LogP contribution in [0.25, 0.3) is 0 Å². The number of fused-ring (bicyclic) bond motifs is 1. The maximum atomic E-state index is 12.2. The fourth-order valence-corrected chi connectivity index (χ4v) is 2.98. The molecular formula is C15H22N2O2. The molecule has 4 nitrogen and oxygen atoms in total. The van der Waals surface area contributed by atoms with Crippen molar-refractivity contribution in [2.75, 3.05) is 0 Å². The van der Waals surface area contributed by atoms with E-state index in [1.165, 1.54) is 0 Å². The van der Waals surface area contributed by atoms with Gasteiger partial charge in [0.1, 0.15) is 11.5 Å². The zero-order chi connectivity index (χ0) is 13.8. The van der Waals surface area contributed by atoms with Crippen LogP contribution < -0.4 is 11.1 Å². The number of nitrogens with two attached hydrogens (primary N) is 1. The number of rotatable bonds is 2. The van der Waals surface area contributed by atoms with Gasteiger partial charge in [0.05, 0.1) is 11.6 Å². The third-order valence-electron chi connectivity index (χ3n) is 4.28. The Kier molecular flexibility index (Phi) is 2.58. The van der Waals surface area contributed by atoms with E-state index in [1.54, 1.807) is 0 Å². The first-order chi connectivity index (χ1) is 8.79. The first kappa shape index (κ1) is 12.7. The maximum Gasteiger partial charge on any atom is 0.240 e. The number of amides is 1.